The molecule has 0 aromatic heterocycles. The molecule has 1 fully saturated rings. The molecule has 1 N–H and O–H groups in total. The van der Waals surface area contributed by atoms with Gasteiger partial charge >= 0.3 is 5.97 Å². The molecule has 2 atom stereocenters. The topological polar surface area (TPSA) is 66.8 Å². The number of hydrogen-bond acceptors (Lipinski definition) is 3. The van der Waals surface area contributed by atoms with Gasteiger partial charge in [-0.1, -0.05) is 18.2 Å². The summed E-state index contributed by atoms with van der Waals surface area (Å²) in [4.78, 5) is 25.1. The first kappa shape index (κ1) is 12.0. The van der Waals surface area contributed by atoms with Crippen LogP contribution in [0.1, 0.15) is 24.3 Å². The fraction of sp³-hybridized carbons (Fsp3) is 0.429. The van der Waals surface area contributed by atoms with Gasteiger partial charge in [0.1, 0.15) is 24.3 Å². The van der Waals surface area contributed by atoms with E-state index in [0.29, 0.717) is 19.6 Å². The SMILES string of the molecule is O=C(O)[C@@H]1CCCN1C(=O)C1COc2ccccc21. The van der Waals surface area contributed by atoms with Crippen LogP contribution in [0.4, 0.5) is 0 Å². The maximum atomic E-state index is 12.5. The van der Waals surface area contributed by atoms with Crippen LogP contribution in [0.15, 0.2) is 24.3 Å². The van der Waals surface area contributed by atoms with Gasteiger partial charge in [0.25, 0.3) is 0 Å². The number of ether oxygens (including phenoxy) is 1. The Hall–Kier alpha value is -2.04. The molecule has 0 spiro atoms. The fourth-order valence-electron chi connectivity index (χ4n) is 2.85. The van der Waals surface area contributed by atoms with Gasteiger partial charge in [-0.3, -0.25) is 4.79 Å². The molecule has 0 aliphatic carbocycles. The van der Waals surface area contributed by atoms with Crippen LogP contribution in [0.5, 0.6) is 5.75 Å². The predicted molar refractivity (Wildman–Crippen MR) is 67.0 cm³/mol. The molecule has 19 heavy (non-hydrogen) atoms. The van der Waals surface area contributed by atoms with Crippen LogP contribution in [0.25, 0.3) is 0 Å². The third-order valence-corrected chi connectivity index (χ3v) is 3.82. The molecule has 1 amide bonds. The summed E-state index contributed by atoms with van der Waals surface area (Å²) in [5.74, 6) is -0.684. The molecule has 0 bridgehead atoms. The minimum atomic E-state index is -0.918. The molecule has 1 saturated heterocycles. The van der Waals surface area contributed by atoms with Gasteiger partial charge in [-0.05, 0) is 18.9 Å². The molecule has 1 aromatic rings. The third-order valence-electron chi connectivity index (χ3n) is 3.82. The minimum Gasteiger partial charge on any atom is -0.492 e. The van der Waals surface area contributed by atoms with Crippen molar-refractivity contribution in [2.24, 2.45) is 0 Å². The minimum absolute atomic E-state index is 0.130. The monoisotopic (exact) mass is 261 g/mol. The van der Waals surface area contributed by atoms with Crippen LogP contribution in [0.3, 0.4) is 0 Å². The Morgan fingerprint density at radius 1 is 1.32 bits per heavy atom. The van der Waals surface area contributed by atoms with E-state index in [4.69, 9.17) is 9.84 Å². The molecule has 2 heterocycles. The van der Waals surface area contributed by atoms with Crippen molar-refractivity contribution in [3.63, 3.8) is 0 Å². The summed E-state index contributed by atoms with van der Waals surface area (Å²) in [5.41, 5.74) is 0.864. The average Bonchev–Trinajstić information content (AvgIpc) is 3.05. The quantitative estimate of drug-likeness (QED) is 0.869. The standard InChI is InChI=1S/C14H15NO4/c16-13(15-7-3-5-11(15)14(17)18)10-8-19-12-6-2-1-4-9(10)12/h1-2,4,6,10-11H,3,5,7-8H2,(H,17,18)/t10?,11-/m0/s1. The first-order valence-electron chi connectivity index (χ1n) is 6.43. The molecular weight excluding hydrogens is 246 g/mol. The molecule has 1 aromatic carbocycles. The Labute approximate surface area is 110 Å². The predicted octanol–water partition coefficient (Wildman–Crippen LogP) is 1.24. The van der Waals surface area contributed by atoms with E-state index in [1.54, 1.807) is 0 Å². The maximum Gasteiger partial charge on any atom is 0.326 e. The molecule has 100 valence electrons. The second kappa shape index (κ2) is 4.57. The highest BCUT2D eigenvalue weighted by Gasteiger charge is 2.40. The second-order valence-electron chi connectivity index (χ2n) is 4.93. The summed E-state index contributed by atoms with van der Waals surface area (Å²) in [6, 6.07) is 6.76. The Morgan fingerprint density at radius 2 is 2.11 bits per heavy atom. The number of para-hydroxylation sites is 1. The Balaban J connectivity index is 1.84. The van der Waals surface area contributed by atoms with Gasteiger partial charge in [0.2, 0.25) is 5.91 Å². The first-order chi connectivity index (χ1) is 9.18. The summed E-state index contributed by atoms with van der Waals surface area (Å²) in [6.07, 6.45) is 1.29. The smallest absolute Gasteiger partial charge is 0.326 e. The molecule has 5 heteroatoms. The van der Waals surface area contributed by atoms with Gasteiger partial charge in [-0.15, -0.1) is 0 Å². The lowest BCUT2D eigenvalue weighted by molar-refractivity contribution is -0.148. The molecule has 2 aliphatic rings. The number of fused-ring (bicyclic) bond motifs is 1. The number of carboxylic acid groups (broad SMARTS) is 1. The zero-order chi connectivity index (χ0) is 13.4. The van der Waals surface area contributed by atoms with Crippen molar-refractivity contribution in [2.45, 2.75) is 24.8 Å². The van der Waals surface area contributed by atoms with Crippen molar-refractivity contribution in [3.8, 4) is 5.75 Å². The lowest BCUT2D eigenvalue weighted by atomic mass is 9.99. The van der Waals surface area contributed by atoms with Gasteiger partial charge in [-0.2, -0.15) is 0 Å². The van der Waals surface area contributed by atoms with E-state index in [9.17, 15) is 9.59 Å². The normalized spacial score (nSPS) is 24.9. The third kappa shape index (κ3) is 1.95. The summed E-state index contributed by atoms with van der Waals surface area (Å²) >= 11 is 0. The van der Waals surface area contributed by atoms with Crippen molar-refractivity contribution < 1.29 is 19.4 Å². The number of benzene rings is 1. The van der Waals surface area contributed by atoms with E-state index in [-0.39, 0.29) is 11.8 Å². The van der Waals surface area contributed by atoms with Gasteiger partial charge < -0.3 is 14.7 Å². The molecular formula is C14H15NO4. The summed E-state index contributed by atoms with van der Waals surface area (Å²) in [5, 5.41) is 9.15. The fourth-order valence-corrected chi connectivity index (χ4v) is 2.85. The molecule has 2 aliphatic heterocycles. The van der Waals surface area contributed by atoms with Gasteiger partial charge in [0.05, 0.1) is 0 Å². The lowest BCUT2D eigenvalue weighted by Crippen LogP contribution is -2.43. The lowest BCUT2D eigenvalue weighted by Gasteiger charge is -2.24. The maximum absolute atomic E-state index is 12.5. The highest BCUT2D eigenvalue weighted by atomic mass is 16.5. The van der Waals surface area contributed by atoms with E-state index in [1.165, 1.54) is 4.90 Å². The number of amides is 1. The van der Waals surface area contributed by atoms with Crippen molar-refractivity contribution in [2.75, 3.05) is 13.2 Å². The van der Waals surface area contributed by atoms with Crippen LogP contribution in [-0.2, 0) is 9.59 Å². The highest BCUT2D eigenvalue weighted by Crippen LogP contribution is 2.36. The number of hydrogen-bond donors (Lipinski definition) is 1. The van der Waals surface area contributed by atoms with Crippen molar-refractivity contribution in [3.05, 3.63) is 29.8 Å². The summed E-state index contributed by atoms with van der Waals surface area (Å²) < 4.78 is 5.49. The second-order valence-corrected chi connectivity index (χ2v) is 4.93. The van der Waals surface area contributed by atoms with Crippen LogP contribution in [0, 0.1) is 0 Å². The Bertz CT molecular complexity index is 528. The number of nitrogens with zero attached hydrogens (tertiary/aromatic N) is 1. The van der Waals surface area contributed by atoms with Gasteiger partial charge in [-0.25, -0.2) is 4.79 Å². The van der Waals surface area contributed by atoms with Crippen LogP contribution in [-0.4, -0.2) is 41.1 Å². The van der Waals surface area contributed by atoms with Crippen LogP contribution < -0.4 is 4.74 Å². The molecule has 3 rings (SSSR count). The number of carbonyl (C=O) groups excluding carboxylic acids is 1. The zero-order valence-corrected chi connectivity index (χ0v) is 10.4. The Kier molecular flexibility index (Phi) is 2.89. The van der Waals surface area contributed by atoms with E-state index < -0.39 is 12.0 Å². The molecule has 1 unspecified atom stereocenters. The van der Waals surface area contributed by atoms with Crippen LogP contribution >= 0.6 is 0 Å². The number of aliphatic carboxylic acids is 1. The molecule has 0 radical (unpaired) electrons. The average molecular weight is 261 g/mol. The van der Waals surface area contributed by atoms with Crippen molar-refractivity contribution in [1.29, 1.82) is 0 Å². The zero-order valence-electron chi connectivity index (χ0n) is 10.4. The molecule has 5 nitrogen and oxygen atoms in total. The number of carboxylic acids is 1. The van der Waals surface area contributed by atoms with E-state index in [1.807, 2.05) is 24.3 Å². The number of rotatable bonds is 2. The largest absolute Gasteiger partial charge is 0.492 e. The van der Waals surface area contributed by atoms with Crippen molar-refractivity contribution in [1.82, 2.24) is 4.90 Å². The van der Waals surface area contributed by atoms with Gasteiger partial charge in [0, 0.05) is 12.1 Å². The van der Waals surface area contributed by atoms with E-state index >= 15 is 0 Å². The van der Waals surface area contributed by atoms with Gasteiger partial charge in [0.15, 0.2) is 0 Å². The van der Waals surface area contributed by atoms with E-state index in [2.05, 4.69) is 0 Å². The van der Waals surface area contributed by atoms with Crippen LogP contribution in [0.2, 0.25) is 0 Å². The molecule has 0 saturated carbocycles. The summed E-state index contributed by atoms with van der Waals surface area (Å²) in [6.45, 7) is 0.829. The highest BCUT2D eigenvalue weighted by molar-refractivity contribution is 5.89. The number of likely N-dealkylation sites (tertiary alicyclic amines) is 1. The first-order valence-corrected chi connectivity index (χ1v) is 6.43. The number of carbonyl (C=O) groups is 2. The summed E-state index contributed by atoms with van der Waals surface area (Å²) in [7, 11) is 0. The Morgan fingerprint density at radius 3 is 2.89 bits per heavy atom. The van der Waals surface area contributed by atoms with E-state index in [0.717, 1.165) is 17.7 Å². The van der Waals surface area contributed by atoms with Crippen molar-refractivity contribution >= 4 is 11.9 Å².